The summed E-state index contributed by atoms with van der Waals surface area (Å²) in [5.74, 6) is 0.383. The van der Waals surface area contributed by atoms with Crippen LogP contribution in [0.3, 0.4) is 0 Å². The standard InChI is InChI=1S/C14H21NO3S/c1-11(2)12-5-7-14(8-6-12)19(17,18)15-9-3-4-13(16)10-15/h5-8,11,13,16H,3-4,9-10H2,1-2H3. The fourth-order valence-corrected chi connectivity index (χ4v) is 3.83. The summed E-state index contributed by atoms with van der Waals surface area (Å²) >= 11 is 0. The minimum atomic E-state index is -3.46. The summed E-state index contributed by atoms with van der Waals surface area (Å²) < 4.78 is 26.2. The number of nitrogens with zero attached hydrogens (tertiary/aromatic N) is 1. The normalized spacial score (nSPS) is 21.8. The van der Waals surface area contributed by atoms with Gasteiger partial charge in [-0.15, -0.1) is 0 Å². The minimum Gasteiger partial charge on any atom is -0.392 e. The van der Waals surface area contributed by atoms with Crippen molar-refractivity contribution in [3.8, 4) is 0 Å². The SMILES string of the molecule is CC(C)c1ccc(S(=O)(=O)N2CCCC(O)C2)cc1. The van der Waals surface area contributed by atoms with Crippen molar-refractivity contribution in [2.24, 2.45) is 0 Å². The van der Waals surface area contributed by atoms with Crippen LogP contribution < -0.4 is 0 Å². The van der Waals surface area contributed by atoms with Gasteiger partial charge in [0, 0.05) is 13.1 Å². The molecule has 0 radical (unpaired) electrons. The predicted molar refractivity (Wildman–Crippen MR) is 74.5 cm³/mol. The highest BCUT2D eigenvalue weighted by Gasteiger charge is 2.29. The summed E-state index contributed by atoms with van der Waals surface area (Å²) in [6.07, 6.45) is 0.849. The van der Waals surface area contributed by atoms with E-state index in [4.69, 9.17) is 0 Å². The Morgan fingerprint density at radius 2 is 1.89 bits per heavy atom. The van der Waals surface area contributed by atoms with Gasteiger partial charge in [-0.3, -0.25) is 0 Å². The molecule has 1 aromatic rings. The number of sulfonamides is 1. The molecule has 19 heavy (non-hydrogen) atoms. The quantitative estimate of drug-likeness (QED) is 0.922. The lowest BCUT2D eigenvalue weighted by Gasteiger charge is -2.29. The Morgan fingerprint density at radius 3 is 2.42 bits per heavy atom. The zero-order valence-corrected chi connectivity index (χ0v) is 12.2. The number of aliphatic hydroxyl groups is 1. The number of rotatable bonds is 3. The molecule has 1 aromatic carbocycles. The first-order valence-corrected chi connectivity index (χ1v) is 8.13. The molecule has 0 amide bonds. The smallest absolute Gasteiger partial charge is 0.243 e. The molecule has 5 heteroatoms. The van der Waals surface area contributed by atoms with Crippen LogP contribution in [-0.4, -0.2) is 37.0 Å². The van der Waals surface area contributed by atoms with Crippen molar-refractivity contribution in [3.05, 3.63) is 29.8 Å². The third-order valence-electron chi connectivity index (χ3n) is 3.54. The van der Waals surface area contributed by atoms with E-state index in [9.17, 15) is 13.5 Å². The van der Waals surface area contributed by atoms with Crippen LogP contribution in [-0.2, 0) is 10.0 Å². The third kappa shape index (κ3) is 3.16. The monoisotopic (exact) mass is 283 g/mol. The van der Waals surface area contributed by atoms with E-state index < -0.39 is 16.1 Å². The summed E-state index contributed by atoms with van der Waals surface area (Å²) in [5.41, 5.74) is 1.12. The van der Waals surface area contributed by atoms with Gasteiger partial charge >= 0.3 is 0 Å². The number of benzene rings is 1. The van der Waals surface area contributed by atoms with Crippen molar-refractivity contribution in [1.29, 1.82) is 0 Å². The number of hydrogen-bond donors (Lipinski definition) is 1. The van der Waals surface area contributed by atoms with Crippen LogP contribution in [0.2, 0.25) is 0 Å². The Hall–Kier alpha value is -0.910. The Labute approximate surface area is 115 Å². The highest BCUT2D eigenvalue weighted by molar-refractivity contribution is 7.89. The molecule has 1 aliphatic heterocycles. The van der Waals surface area contributed by atoms with Crippen molar-refractivity contribution >= 4 is 10.0 Å². The second-order valence-electron chi connectivity index (χ2n) is 5.38. The van der Waals surface area contributed by atoms with E-state index in [1.807, 2.05) is 12.1 Å². The second kappa shape index (κ2) is 5.61. The van der Waals surface area contributed by atoms with E-state index in [-0.39, 0.29) is 6.54 Å². The van der Waals surface area contributed by atoms with E-state index in [0.717, 1.165) is 5.56 Å². The van der Waals surface area contributed by atoms with Gasteiger partial charge in [-0.2, -0.15) is 4.31 Å². The summed E-state index contributed by atoms with van der Waals surface area (Å²) in [6, 6.07) is 7.03. The molecule has 1 heterocycles. The van der Waals surface area contributed by atoms with E-state index in [2.05, 4.69) is 13.8 Å². The molecule has 0 spiro atoms. The summed E-state index contributed by atoms with van der Waals surface area (Å²) in [7, 11) is -3.46. The minimum absolute atomic E-state index is 0.203. The molecule has 4 nitrogen and oxygen atoms in total. The maximum atomic E-state index is 12.4. The van der Waals surface area contributed by atoms with Crippen LogP contribution >= 0.6 is 0 Å². The van der Waals surface area contributed by atoms with E-state index in [0.29, 0.717) is 30.2 Å². The van der Waals surface area contributed by atoms with Crippen LogP contribution in [0.25, 0.3) is 0 Å². The molecule has 0 saturated carbocycles. The summed E-state index contributed by atoms with van der Waals surface area (Å²) in [6.45, 7) is 4.84. The summed E-state index contributed by atoms with van der Waals surface area (Å²) in [5, 5.41) is 9.60. The maximum Gasteiger partial charge on any atom is 0.243 e. The Balaban J connectivity index is 2.23. The van der Waals surface area contributed by atoms with Gasteiger partial charge in [0.1, 0.15) is 0 Å². The fourth-order valence-electron chi connectivity index (χ4n) is 2.31. The fraction of sp³-hybridized carbons (Fsp3) is 0.571. The number of aliphatic hydroxyl groups excluding tert-OH is 1. The molecule has 1 atom stereocenters. The van der Waals surface area contributed by atoms with Gasteiger partial charge in [0.25, 0.3) is 0 Å². The molecule has 1 N–H and O–H groups in total. The Morgan fingerprint density at radius 1 is 1.26 bits per heavy atom. The lowest BCUT2D eigenvalue weighted by Crippen LogP contribution is -2.42. The van der Waals surface area contributed by atoms with Gasteiger partial charge < -0.3 is 5.11 Å². The first kappa shape index (κ1) is 14.5. The van der Waals surface area contributed by atoms with Crippen LogP contribution in [0, 0.1) is 0 Å². The number of piperidine rings is 1. The molecule has 106 valence electrons. The number of hydrogen-bond acceptors (Lipinski definition) is 3. The number of β-amino-alcohol motifs (C(OH)–C–C–N with tert-alkyl or cyclic N) is 1. The highest BCUT2D eigenvalue weighted by atomic mass is 32.2. The largest absolute Gasteiger partial charge is 0.392 e. The third-order valence-corrected chi connectivity index (χ3v) is 5.42. The van der Waals surface area contributed by atoms with Crippen molar-refractivity contribution in [1.82, 2.24) is 4.31 Å². The zero-order valence-electron chi connectivity index (χ0n) is 11.4. The van der Waals surface area contributed by atoms with E-state index in [1.54, 1.807) is 12.1 Å². The van der Waals surface area contributed by atoms with Crippen LogP contribution in [0.1, 0.15) is 38.2 Å². The molecule has 1 fully saturated rings. The molecule has 0 bridgehead atoms. The molecule has 0 aromatic heterocycles. The average Bonchev–Trinajstić information content (AvgIpc) is 2.39. The van der Waals surface area contributed by atoms with Gasteiger partial charge in [-0.1, -0.05) is 26.0 Å². The van der Waals surface area contributed by atoms with Crippen LogP contribution in [0.5, 0.6) is 0 Å². The van der Waals surface area contributed by atoms with Crippen LogP contribution in [0.4, 0.5) is 0 Å². The molecular weight excluding hydrogens is 262 g/mol. The maximum absolute atomic E-state index is 12.4. The Kier molecular flexibility index (Phi) is 4.28. The first-order valence-electron chi connectivity index (χ1n) is 6.69. The lowest BCUT2D eigenvalue weighted by molar-refractivity contribution is 0.108. The molecule has 0 aliphatic carbocycles. The average molecular weight is 283 g/mol. The molecule has 2 rings (SSSR count). The predicted octanol–water partition coefficient (Wildman–Crippen LogP) is 1.96. The topological polar surface area (TPSA) is 57.6 Å². The van der Waals surface area contributed by atoms with Crippen molar-refractivity contribution in [2.45, 2.75) is 43.6 Å². The highest BCUT2D eigenvalue weighted by Crippen LogP contribution is 2.22. The van der Waals surface area contributed by atoms with Crippen molar-refractivity contribution < 1.29 is 13.5 Å². The van der Waals surface area contributed by atoms with E-state index >= 15 is 0 Å². The second-order valence-corrected chi connectivity index (χ2v) is 7.32. The molecular formula is C14H21NO3S. The van der Waals surface area contributed by atoms with Crippen molar-refractivity contribution in [3.63, 3.8) is 0 Å². The van der Waals surface area contributed by atoms with E-state index in [1.165, 1.54) is 4.31 Å². The van der Waals surface area contributed by atoms with Gasteiger partial charge in [0.15, 0.2) is 0 Å². The van der Waals surface area contributed by atoms with Gasteiger partial charge in [-0.25, -0.2) is 8.42 Å². The van der Waals surface area contributed by atoms with Crippen molar-refractivity contribution in [2.75, 3.05) is 13.1 Å². The van der Waals surface area contributed by atoms with Gasteiger partial charge in [0.05, 0.1) is 11.0 Å². The van der Waals surface area contributed by atoms with Gasteiger partial charge in [0.2, 0.25) is 10.0 Å². The lowest BCUT2D eigenvalue weighted by atomic mass is 10.0. The molecule has 1 aliphatic rings. The molecule has 1 unspecified atom stereocenters. The Bertz CT molecular complexity index is 522. The molecule has 1 saturated heterocycles. The first-order chi connectivity index (χ1) is 8.91. The van der Waals surface area contributed by atoms with Crippen LogP contribution in [0.15, 0.2) is 29.2 Å². The zero-order chi connectivity index (χ0) is 14.0. The summed E-state index contributed by atoms with van der Waals surface area (Å²) in [4.78, 5) is 0.311. The van der Waals surface area contributed by atoms with Gasteiger partial charge in [-0.05, 0) is 36.5 Å².